The first kappa shape index (κ1) is 23.6. The van der Waals surface area contributed by atoms with Crippen molar-refractivity contribution < 1.29 is 18.0 Å². The minimum Gasteiger partial charge on any atom is -0.301 e. The Bertz CT molecular complexity index is 1450. The van der Waals surface area contributed by atoms with Gasteiger partial charge in [0.25, 0.3) is 10.0 Å². The number of aromatic nitrogens is 1. The van der Waals surface area contributed by atoms with E-state index in [1.807, 2.05) is 36.4 Å². The molecule has 0 saturated carbocycles. The van der Waals surface area contributed by atoms with Crippen LogP contribution in [0.5, 0.6) is 0 Å². The van der Waals surface area contributed by atoms with E-state index in [-0.39, 0.29) is 21.7 Å². The van der Waals surface area contributed by atoms with Crippen LogP contribution in [0.1, 0.15) is 28.1 Å². The van der Waals surface area contributed by atoms with Crippen LogP contribution in [0.15, 0.2) is 82.4 Å². The van der Waals surface area contributed by atoms with Crippen LogP contribution in [-0.4, -0.2) is 42.0 Å². The van der Waals surface area contributed by atoms with Gasteiger partial charge in [0.2, 0.25) is 11.7 Å². The van der Waals surface area contributed by atoms with E-state index in [1.165, 1.54) is 4.31 Å². The Morgan fingerprint density at radius 1 is 0.971 bits per heavy atom. The number of carbonyl (C=O) groups excluding carboxylic acids is 2. The predicted molar refractivity (Wildman–Crippen MR) is 137 cm³/mol. The van der Waals surface area contributed by atoms with E-state index in [2.05, 4.69) is 10.3 Å². The summed E-state index contributed by atoms with van der Waals surface area (Å²) in [6.07, 6.45) is 1.01. The van der Waals surface area contributed by atoms with Gasteiger partial charge in [-0.2, -0.15) is 4.31 Å². The highest BCUT2D eigenvalue weighted by Gasteiger charge is 2.40. The molecule has 1 aliphatic rings. The lowest BCUT2D eigenvalue weighted by atomic mass is 10.1. The molecule has 1 unspecified atom stereocenters. The highest BCUT2D eigenvalue weighted by Crippen LogP contribution is 2.34. The van der Waals surface area contributed by atoms with Gasteiger partial charge in [0, 0.05) is 17.7 Å². The number of ketones is 1. The van der Waals surface area contributed by atoms with Crippen molar-refractivity contribution in [1.29, 1.82) is 0 Å². The van der Waals surface area contributed by atoms with Crippen LogP contribution in [-0.2, 0) is 14.8 Å². The van der Waals surface area contributed by atoms with E-state index < -0.39 is 22.0 Å². The third kappa shape index (κ3) is 4.70. The number of amides is 1. The van der Waals surface area contributed by atoms with Crippen molar-refractivity contribution in [3.8, 4) is 11.3 Å². The Labute approximate surface area is 211 Å². The fourth-order valence-corrected chi connectivity index (χ4v) is 7.77. The zero-order chi connectivity index (χ0) is 24.4. The smallest absolute Gasteiger partial charge is 0.253 e. The summed E-state index contributed by atoms with van der Waals surface area (Å²) < 4.78 is 27.6. The van der Waals surface area contributed by atoms with E-state index in [1.54, 1.807) is 41.8 Å². The maximum Gasteiger partial charge on any atom is 0.253 e. The zero-order valence-corrected chi connectivity index (χ0v) is 20.9. The lowest BCUT2D eigenvalue weighted by Crippen LogP contribution is -2.42. The van der Waals surface area contributed by atoms with Crippen LogP contribution in [0.25, 0.3) is 11.3 Å². The van der Waals surface area contributed by atoms with Gasteiger partial charge in [-0.3, -0.25) is 9.59 Å². The number of nitrogens with one attached hydrogen (secondary N) is 1. The summed E-state index contributed by atoms with van der Waals surface area (Å²) >= 11 is 2.22. The number of anilines is 1. The van der Waals surface area contributed by atoms with Gasteiger partial charge in [0.05, 0.1) is 5.69 Å². The fraction of sp³-hybridized carbons (Fsp3) is 0.160. The standard InChI is InChI=1S/C25H21N3O4S3/c29-22(18-11-5-2-6-12-18)23-21(17-9-3-1-4-10-17)26-25(34-23)27-24(30)19-13-7-15-28(19)35(31,32)20-14-8-16-33-20/h1-6,8-12,14,16,19H,7,13,15H2,(H,26,27,30). The summed E-state index contributed by atoms with van der Waals surface area (Å²) in [6, 6.07) is 20.6. The molecule has 35 heavy (non-hydrogen) atoms. The molecule has 1 atom stereocenters. The van der Waals surface area contributed by atoms with Crippen molar-refractivity contribution in [2.75, 3.05) is 11.9 Å². The molecule has 10 heteroatoms. The molecule has 0 radical (unpaired) electrons. The molecule has 0 bridgehead atoms. The Morgan fingerprint density at radius 2 is 1.69 bits per heavy atom. The molecule has 7 nitrogen and oxygen atoms in total. The summed E-state index contributed by atoms with van der Waals surface area (Å²) in [5, 5.41) is 4.74. The van der Waals surface area contributed by atoms with Crippen molar-refractivity contribution in [1.82, 2.24) is 9.29 Å². The monoisotopic (exact) mass is 523 g/mol. The van der Waals surface area contributed by atoms with Gasteiger partial charge in [0.1, 0.15) is 15.1 Å². The van der Waals surface area contributed by atoms with Crippen molar-refractivity contribution in [3.05, 3.63) is 88.6 Å². The summed E-state index contributed by atoms with van der Waals surface area (Å²) in [5.41, 5.74) is 1.76. The van der Waals surface area contributed by atoms with Gasteiger partial charge in [-0.1, -0.05) is 78.1 Å². The molecule has 2 aromatic heterocycles. The first-order chi connectivity index (χ1) is 16.9. The first-order valence-corrected chi connectivity index (χ1v) is 14.1. The molecule has 1 saturated heterocycles. The summed E-state index contributed by atoms with van der Waals surface area (Å²) in [4.78, 5) is 31.5. The lowest BCUT2D eigenvalue weighted by molar-refractivity contribution is -0.119. The van der Waals surface area contributed by atoms with Crippen LogP contribution >= 0.6 is 22.7 Å². The summed E-state index contributed by atoms with van der Waals surface area (Å²) in [5.74, 6) is -0.639. The van der Waals surface area contributed by atoms with Crippen molar-refractivity contribution in [3.63, 3.8) is 0 Å². The molecular weight excluding hydrogens is 502 g/mol. The van der Waals surface area contributed by atoms with E-state index in [0.29, 0.717) is 29.0 Å². The lowest BCUT2D eigenvalue weighted by Gasteiger charge is -2.22. The van der Waals surface area contributed by atoms with Crippen LogP contribution in [0, 0.1) is 0 Å². The largest absolute Gasteiger partial charge is 0.301 e. The Hall–Kier alpha value is -3.18. The van der Waals surface area contributed by atoms with E-state index in [0.717, 1.165) is 28.2 Å². The quantitative estimate of drug-likeness (QED) is 0.348. The van der Waals surface area contributed by atoms with Gasteiger partial charge in [-0.05, 0) is 24.3 Å². The van der Waals surface area contributed by atoms with Crippen molar-refractivity contribution in [2.45, 2.75) is 23.1 Å². The molecule has 0 aliphatic carbocycles. The van der Waals surface area contributed by atoms with Gasteiger partial charge in [-0.25, -0.2) is 13.4 Å². The van der Waals surface area contributed by atoms with Crippen molar-refractivity contribution >= 4 is 49.5 Å². The molecule has 5 rings (SSSR count). The van der Waals surface area contributed by atoms with E-state index >= 15 is 0 Å². The number of carbonyl (C=O) groups is 2. The number of nitrogens with zero attached hydrogens (tertiary/aromatic N) is 2. The fourth-order valence-electron chi connectivity index (χ4n) is 4.04. The number of hydrogen-bond donors (Lipinski definition) is 1. The third-order valence-corrected chi connectivity index (χ3v) is 9.96. The average molecular weight is 524 g/mol. The second kappa shape index (κ2) is 9.82. The Morgan fingerprint density at radius 3 is 2.37 bits per heavy atom. The first-order valence-electron chi connectivity index (χ1n) is 11.0. The normalized spacial score (nSPS) is 16.3. The second-order valence-corrected chi connectivity index (χ2v) is 12.0. The molecule has 4 aromatic rings. The van der Waals surface area contributed by atoms with E-state index in [9.17, 15) is 18.0 Å². The van der Waals surface area contributed by atoms with Crippen LogP contribution in [0.3, 0.4) is 0 Å². The molecule has 178 valence electrons. The van der Waals surface area contributed by atoms with Crippen LogP contribution in [0.4, 0.5) is 5.13 Å². The molecule has 1 amide bonds. The number of thiophene rings is 1. The van der Waals surface area contributed by atoms with Gasteiger partial charge in [0.15, 0.2) is 5.13 Å². The SMILES string of the molecule is O=C(c1ccccc1)c1sc(NC(=O)C2CCCN2S(=O)(=O)c2cccs2)nc1-c1ccccc1. The van der Waals surface area contributed by atoms with Gasteiger partial charge in [-0.15, -0.1) is 11.3 Å². The minimum absolute atomic E-state index is 0.190. The maximum absolute atomic E-state index is 13.3. The highest BCUT2D eigenvalue weighted by molar-refractivity contribution is 7.91. The zero-order valence-electron chi connectivity index (χ0n) is 18.5. The highest BCUT2D eigenvalue weighted by atomic mass is 32.2. The van der Waals surface area contributed by atoms with Crippen molar-refractivity contribution in [2.24, 2.45) is 0 Å². The number of thiazole rings is 1. The van der Waals surface area contributed by atoms with Crippen LogP contribution < -0.4 is 5.32 Å². The number of sulfonamides is 1. The molecule has 1 N–H and O–H groups in total. The molecule has 1 aliphatic heterocycles. The predicted octanol–water partition coefficient (Wildman–Crippen LogP) is 4.89. The molecule has 2 aromatic carbocycles. The topological polar surface area (TPSA) is 96.4 Å². The number of benzene rings is 2. The third-order valence-electron chi connectivity index (χ3n) is 5.71. The molecule has 1 fully saturated rings. The number of hydrogen-bond acceptors (Lipinski definition) is 7. The van der Waals surface area contributed by atoms with Crippen LogP contribution in [0.2, 0.25) is 0 Å². The van der Waals surface area contributed by atoms with E-state index in [4.69, 9.17) is 0 Å². The summed E-state index contributed by atoms with van der Waals surface area (Å²) in [7, 11) is -3.76. The molecule has 0 spiro atoms. The molecule has 3 heterocycles. The second-order valence-electron chi connectivity index (χ2n) is 7.95. The van der Waals surface area contributed by atoms with Gasteiger partial charge >= 0.3 is 0 Å². The molecular formula is C25H21N3O4S3. The number of rotatable bonds is 7. The minimum atomic E-state index is -3.76. The Kier molecular flexibility index (Phi) is 6.61. The Balaban J connectivity index is 1.45. The van der Waals surface area contributed by atoms with Gasteiger partial charge < -0.3 is 5.32 Å². The summed E-state index contributed by atoms with van der Waals surface area (Å²) in [6.45, 7) is 0.281. The average Bonchev–Trinajstić information content (AvgIpc) is 3.66. The maximum atomic E-state index is 13.3.